The summed E-state index contributed by atoms with van der Waals surface area (Å²) in [5, 5.41) is 3.19. The van der Waals surface area contributed by atoms with Crippen LogP contribution >= 0.6 is 0 Å². The quantitative estimate of drug-likeness (QED) is 0.732. The first kappa shape index (κ1) is 10.8. The zero-order chi connectivity index (χ0) is 10.6. The van der Waals surface area contributed by atoms with Crippen LogP contribution in [0.5, 0.6) is 0 Å². The summed E-state index contributed by atoms with van der Waals surface area (Å²) in [6.07, 6.45) is 1.91. The van der Waals surface area contributed by atoms with Crippen molar-refractivity contribution in [3.63, 3.8) is 0 Å². The maximum Gasteiger partial charge on any atom is 0.0501 e. The number of hydrogen-bond donors (Lipinski definition) is 1. The molecule has 0 amide bonds. The van der Waals surface area contributed by atoms with E-state index in [1.807, 2.05) is 27.2 Å². The lowest BCUT2D eigenvalue weighted by Crippen LogP contribution is -2.14. The smallest absolute Gasteiger partial charge is 0.0501 e. The fourth-order valence-electron chi connectivity index (χ4n) is 1.40. The van der Waals surface area contributed by atoms with E-state index in [2.05, 4.69) is 41.1 Å². The van der Waals surface area contributed by atoms with Crippen LogP contribution in [0.4, 0.5) is 5.69 Å². The van der Waals surface area contributed by atoms with Crippen LogP contribution in [0.2, 0.25) is 0 Å². The molecule has 76 valence electrons. The third-order valence-corrected chi connectivity index (χ3v) is 2.32. The van der Waals surface area contributed by atoms with Crippen molar-refractivity contribution in [2.24, 2.45) is 0 Å². The minimum Gasteiger partial charge on any atom is -0.378 e. The number of likely N-dealkylation sites (N-methyl/N-ethyl adjacent to an activating group) is 1. The molecular formula is C12H18N2. The Hall–Kier alpha value is -1.28. The number of benzene rings is 1. The lowest BCUT2D eigenvalue weighted by Gasteiger charge is -2.15. The van der Waals surface area contributed by atoms with Gasteiger partial charge in [0.15, 0.2) is 0 Å². The Morgan fingerprint density at radius 1 is 1.29 bits per heavy atom. The van der Waals surface area contributed by atoms with Crippen molar-refractivity contribution in [3.05, 3.63) is 42.5 Å². The zero-order valence-electron chi connectivity index (χ0n) is 9.12. The summed E-state index contributed by atoms with van der Waals surface area (Å²) in [4.78, 5) is 2.09. The van der Waals surface area contributed by atoms with E-state index in [-0.39, 0.29) is 6.04 Å². The lowest BCUT2D eigenvalue weighted by molar-refractivity contribution is 0.716. The van der Waals surface area contributed by atoms with Crippen LogP contribution in [-0.4, -0.2) is 21.1 Å². The molecule has 1 atom stereocenters. The van der Waals surface area contributed by atoms with Gasteiger partial charge in [-0.15, -0.1) is 6.58 Å². The first-order chi connectivity index (χ1) is 6.69. The average Bonchev–Trinajstić information content (AvgIpc) is 2.20. The summed E-state index contributed by atoms with van der Waals surface area (Å²) in [7, 11) is 6.02. The molecule has 1 aromatic carbocycles. The van der Waals surface area contributed by atoms with Crippen LogP contribution in [0.25, 0.3) is 0 Å². The molecule has 1 aromatic rings. The molecule has 0 bridgehead atoms. The molecular weight excluding hydrogens is 172 g/mol. The van der Waals surface area contributed by atoms with Gasteiger partial charge in [0.2, 0.25) is 0 Å². The van der Waals surface area contributed by atoms with Gasteiger partial charge in [-0.2, -0.15) is 0 Å². The molecule has 2 nitrogen and oxygen atoms in total. The van der Waals surface area contributed by atoms with Crippen LogP contribution in [0.1, 0.15) is 11.6 Å². The van der Waals surface area contributed by atoms with Crippen molar-refractivity contribution in [1.82, 2.24) is 5.32 Å². The molecule has 0 fully saturated rings. The van der Waals surface area contributed by atoms with Crippen LogP contribution in [0.15, 0.2) is 36.9 Å². The molecule has 0 aliphatic heterocycles. The van der Waals surface area contributed by atoms with E-state index in [1.54, 1.807) is 0 Å². The average molecular weight is 190 g/mol. The molecule has 2 heteroatoms. The van der Waals surface area contributed by atoms with Gasteiger partial charge in [0.1, 0.15) is 0 Å². The molecule has 0 spiro atoms. The standard InChI is InChI=1S/C12H18N2/c1-5-12(13-2)10-6-8-11(9-7-10)14(3)4/h5-9,12-13H,1H2,2-4H3. The molecule has 0 radical (unpaired) electrons. The van der Waals surface area contributed by atoms with Gasteiger partial charge in [0.05, 0.1) is 6.04 Å². The molecule has 1 rings (SSSR count). The van der Waals surface area contributed by atoms with Gasteiger partial charge >= 0.3 is 0 Å². The Labute approximate surface area is 86.2 Å². The minimum absolute atomic E-state index is 0.242. The van der Waals surface area contributed by atoms with Crippen molar-refractivity contribution in [3.8, 4) is 0 Å². The first-order valence-electron chi connectivity index (χ1n) is 4.76. The second kappa shape index (κ2) is 4.82. The van der Waals surface area contributed by atoms with E-state index in [1.165, 1.54) is 11.3 Å². The number of nitrogens with zero attached hydrogens (tertiary/aromatic N) is 1. The van der Waals surface area contributed by atoms with Gasteiger partial charge in [-0.3, -0.25) is 0 Å². The van der Waals surface area contributed by atoms with E-state index in [4.69, 9.17) is 0 Å². The molecule has 0 saturated heterocycles. The van der Waals surface area contributed by atoms with E-state index >= 15 is 0 Å². The molecule has 14 heavy (non-hydrogen) atoms. The normalized spacial score (nSPS) is 12.2. The zero-order valence-corrected chi connectivity index (χ0v) is 9.12. The maximum absolute atomic E-state index is 3.79. The van der Waals surface area contributed by atoms with Gasteiger partial charge in [-0.25, -0.2) is 0 Å². The van der Waals surface area contributed by atoms with Crippen molar-refractivity contribution in [2.45, 2.75) is 6.04 Å². The van der Waals surface area contributed by atoms with Gasteiger partial charge in [0.25, 0.3) is 0 Å². The highest BCUT2D eigenvalue weighted by atomic mass is 15.1. The predicted molar refractivity (Wildman–Crippen MR) is 62.8 cm³/mol. The second-order valence-electron chi connectivity index (χ2n) is 3.49. The Balaban J connectivity index is 2.87. The fourth-order valence-corrected chi connectivity index (χ4v) is 1.40. The highest BCUT2D eigenvalue weighted by Gasteiger charge is 2.03. The van der Waals surface area contributed by atoms with Gasteiger partial charge in [0, 0.05) is 19.8 Å². The van der Waals surface area contributed by atoms with E-state index in [9.17, 15) is 0 Å². The summed E-state index contributed by atoms with van der Waals surface area (Å²) in [6, 6.07) is 8.72. The molecule has 0 aliphatic carbocycles. The van der Waals surface area contributed by atoms with Crippen LogP contribution in [0, 0.1) is 0 Å². The van der Waals surface area contributed by atoms with Crippen LogP contribution in [-0.2, 0) is 0 Å². The third-order valence-electron chi connectivity index (χ3n) is 2.32. The molecule has 1 N–H and O–H groups in total. The highest BCUT2D eigenvalue weighted by molar-refractivity contribution is 5.46. The Bertz CT molecular complexity index is 288. The van der Waals surface area contributed by atoms with Crippen molar-refractivity contribution < 1.29 is 0 Å². The summed E-state index contributed by atoms with van der Waals surface area (Å²) < 4.78 is 0. The molecule has 0 saturated carbocycles. The molecule has 0 heterocycles. The van der Waals surface area contributed by atoms with Gasteiger partial charge in [-0.05, 0) is 24.7 Å². The molecule has 0 aliphatic rings. The lowest BCUT2D eigenvalue weighted by atomic mass is 10.1. The topological polar surface area (TPSA) is 15.3 Å². The van der Waals surface area contributed by atoms with Crippen molar-refractivity contribution in [1.29, 1.82) is 0 Å². The second-order valence-corrected chi connectivity index (χ2v) is 3.49. The summed E-state index contributed by atoms with van der Waals surface area (Å²) in [5.41, 5.74) is 2.46. The van der Waals surface area contributed by atoms with E-state index in [0.29, 0.717) is 0 Å². The number of hydrogen-bond acceptors (Lipinski definition) is 2. The highest BCUT2D eigenvalue weighted by Crippen LogP contribution is 2.17. The van der Waals surface area contributed by atoms with Crippen molar-refractivity contribution >= 4 is 5.69 Å². The molecule has 1 unspecified atom stereocenters. The predicted octanol–water partition coefficient (Wildman–Crippen LogP) is 2.20. The fraction of sp³-hybridized carbons (Fsp3) is 0.333. The maximum atomic E-state index is 3.79. The summed E-state index contributed by atoms with van der Waals surface area (Å²) >= 11 is 0. The Morgan fingerprint density at radius 2 is 1.86 bits per heavy atom. The van der Waals surface area contributed by atoms with Crippen LogP contribution < -0.4 is 10.2 Å². The monoisotopic (exact) mass is 190 g/mol. The van der Waals surface area contributed by atoms with E-state index < -0.39 is 0 Å². The largest absolute Gasteiger partial charge is 0.378 e. The summed E-state index contributed by atoms with van der Waals surface area (Å²) in [5.74, 6) is 0. The Morgan fingerprint density at radius 3 is 2.21 bits per heavy atom. The van der Waals surface area contributed by atoms with Gasteiger partial charge in [-0.1, -0.05) is 18.2 Å². The Kier molecular flexibility index (Phi) is 3.72. The first-order valence-corrected chi connectivity index (χ1v) is 4.76. The number of rotatable bonds is 4. The SMILES string of the molecule is C=CC(NC)c1ccc(N(C)C)cc1. The van der Waals surface area contributed by atoms with E-state index in [0.717, 1.165) is 0 Å². The molecule has 0 aromatic heterocycles. The summed E-state index contributed by atoms with van der Waals surface area (Å²) in [6.45, 7) is 3.79. The van der Waals surface area contributed by atoms with Crippen molar-refractivity contribution in [2.75, 3.05) is 26.0 Å². The number of nitrogens with one attached hydrogen (secondary N) is 1. The minimum atomic E-state index is 0.242. The third kappa shape index (κ3) is 2.36. The number of anilines is 1. The van der Waals surface area contributed by atoms with Crippen LogP contribution in [0.3, 0.4) is 0 Å². The van der Waals surface area contributed by atoms with Gasteiger partial charge < -0.3 is 10.2 Å².